The number of hydrogen-bond donors (Lipinski definition) is 4. The van der Waals surface area contributed by atoms with Crippen LogP contribution >= 0.6 is 0 Å². The Morgan fingerprint density at radius 2 is 1.88 bits per heavy atom. The Morgan fingerprint density at radius 3 is 2.50 bits per heavy atom. The van der Waals surface area contributed by atoms with Gasteiger partial charge in [0.2, 0.25) is 0 Å². The van der Waals surface area contributed by atoms with E-state index in [2.05, 4.69) is 13.0 Å². The van der Waals surface area contributed by atoms with E-state index in [9.17, 15) is 25.2 Å². The second-order valence-electron chi connectivity index (χ2n) is 12.0. The molecule has 0 radical (unpaired) electrons. The third-order valence-electron chi connectivity index (χ3n) is 9.81. The van der Waals surface area contributed by atoms with Gasteiger partial charge in [0.05, 0.1) is 23.9 Å². The minimum absolute atomic E-state index is 0.125. The summed E-state index contributed by atoms with van der Waals surface area (Å²) in [6.07, 6.45) is 3.32. The van der Waals surface area contributed by atoms with Gasteiger partial charge in [-0.3, -0.25) is 4.79 Å². The monoisotopic (exact) mass is 450 g/mol. The molecule has 10 atom stereocenters. The molecular formula is C26H42O6. The van der Waals surface area contributed by atoms with Crippen molar-refractivity contribution >= 4 is 5.97 Å². The van der Waals surface area contributed by atoms with Gasteiger partial charge in [-0.15, -0.1) is 0 Å². The first-order chi connectivity index (χ1) is 14.9. The molecule has 0 amide bonds. The smallest absolute Gasteiger partial charge is 0.306 e. The van der Waals surface area contributed by atoms with Gasteiger partial charge in [-0.2, -0.15) is 0 Å². The van der Waals surface area contributed by atoms with Crippen LogP contribution in [-0.4, -0.2) is 56.4 Å². The lowest BCUT2D eigenvalue weighted by Gasteiger charge is -2.64. The van der Waals surface area contributed by atoms with Crippen LogP contribution in [0.3, 0.4) is 0 Å². The quantitative estimate of drug-likeness (QED) is 0.388. The zero-order chi connectivity index (χ0) is 23.6. The van der Waals surface area contributed by atoms with Crippen molar-refractivity contribution in [3.8, 4) is 0 Å². The van der Waals surface area contributed by atoms with Crippen molar-refractivity contribution in [2.45, 2.75) is 110 Å². The predicted molar refractivity (Wildman–Crippen MR) is 120 cm³/mol. The normalized spacial score (nSPS) is 49.0. The van der Waals surface area contributed by atoms with Gasteiger partial charge in [0.25, 0.3) is 0 Å². The van der Waals surface area contributed by atoms with Crippen LogP contribution in [0, 0.1) is 34.5 Å². The number of carbonyl (C=O) groups is 1. The van der Waals surface area contributed by atoms with Gasteiger partial charge >= 0.3 is 5.97 Å². The molecule has 4 aliphatic carbocycles. The lowest BCUT2D eigenvalue weighted by molar-refractivity contribution is -0.276. The van der Waals surface area contributed by atoms with Gasteiger partial charge < -0.3 is 25.2 Å². The molecular weight excluding hydrogens is 408 g/mol. The molecule has 0 spiro atoms. The molecule has 0 aromatic rings. The minimum atomic E-state index is -1.15. The predicted octanol–water partition coefficient (Wildman–Crippen LogP) is 2.96. The highest BCUT2D eigenvalue weighted by molar-refractivity contribution is 5.70. The topological polar surface area (TPSA) is 107 Å². The van der Waals surface area contributed by atoms with Crippen LogP contribution in [-0.2, 0) is 9.53 Å². The van der Waals surface area contributed by atoms with E-state index in [0.717, 1.165) is 12.0 Å². The van der Waals surface area contributed by atoms with E-state index in [1.807, 2.05) is 20.8 Å². The molecule has 6 heteroatoms. The van der Waals surface area contributed by atoms with E-state index >= 15 is 0 Å². The van der Waals surface area contributed by atoms with E-state index in [0.29, 0.717) is 32.1 Å². The molecule has 0 aliphatic heterocycles. The molecule has 0 aromatic carbocycles. The maximum absolute atomic E-state index is 12.8. The Balaban J connectivity index is 1.81. The average Bonchev–Trinajstić information content (AvgIpc) is 2.97. The van der Waals surface area contributed by atoms with Crippen molar-refractivity contribution in [1.82, 2.24) is 0 Å². The van der Waals surface area contributed by atoms with Crippen LogP contribution in [0.25, 0.3) is 0 Å². The number of carbonyl (C=O) groups excluding carboxylic acids is 1. The molecule has 0 bridgehead atoms. The van der Waals surface area contributed by atoms with E-state index in [4.69, 9.17) is 4.74 Å². The van der Waals surface area contributed by atoms with Crippen molar-refractivity contribution in [3.63, 3.8) is 0 Å². The number of ether oxygens (including phenoxy) is 1. The fourth-order valence-electron chi connectivity index (χ4n) is 8.19. The molecule has 4 N–H and O–H groups in total. The van der Waals surface area contributed by atoms with E-state index in [1.165, 1.54) is 0 Å². The summed E-state index contributed by atoms with van der Waals surface area (Å²) in [4.78, 5) is 12.8. The Bertz CT molecular complexity index is 776. The summed E-state index contributed by atoms with van der Waals surface area (Å²) in [7, 11) is 0. The largest absolute Gasteiger partial charge is 0.459 e. The fraction of sp³-hybridized carbons (Fsp3) is 0.885. The summed E-state index contributed by atoms with van der Waals surface area (Å²) >= 11 is 0. The molecule has 4 rings (SSSR count). The summed E-state index contributed by atoms with van der Waals surface area (Å²) < 4.78 is 6.04. The first kappa shape index (κ1) is 24.2. The average molecular weight is 451 g/mol. The molecule has 3 saturated carbocycles. The van der Waals surface area contributed by atoms with Crippen LogP contribution in [0.15, 0.2) is 11.6 Å². The second-order valence-corrected chi connectivity index (χ2v) is 12.0. The second kappa shape index (κ2) is 8.07. The lowest BCUT2D eigenvalue weighted by atomic mass is 9.44. The first-order valence-electron chi connectivity index (χ1n) is 12.5. The Labute approximate surface area is 192 Å². The Hall–Kier alpha value is -0.950. The van der Waals surface area contributed by atoms with E-state index < -0.39 is 29.3 Å². The maximum Gasteiger partial charge on any atom is 0.306 e. The Kier molecular flexibility index (Phi) is 6.10. The first-order valence-corrected chi connectivity index (χ1v) is 12.5. The summed E-state index contributed by atoms with van der Waals surface area (Å²) in [5, 5.41) is 45.1. The van der Waals surface area contributed by atoms with Crippen molar-refractivity contribution in [2.75, 3.05) is 0 Å². The standard InChI is InChI=1S/C26H42O6/c1-14(2)12-20(29)32-23-22(30)21-19(7-6-16-13-17(28)8-10-24(16,21)4)26(31)11-9-18(15(3)27)25(23,26)5/h6,14-15,17-19,21-23,27-28,30-31H,7-13H2,1-5H3/t15-,17-,18+,19+,21+,22-,23+,24-,25-,26-/m0/s1. The summed E-state index contributed by atoms with van der Waals surface area (Å²) in [6, 6.07) is 0. The highest BCUT2D eigenvalue weighted by atomic mass is 16.6. The van der Waals surface area contributed by atoms with Gasteiger partial charge in [-0.25, -0.2) is 0 Å². The third-order valence-corrected chi connectivity index (χ3v) is 9.81. The number of fused-ring (bicyclic) bond motifs is 5. The van der Waals surface area contributed by atoms with Crippen molar-refractivity contribution in [1.29, 1.82) is 0 Å². The van der Waals surface area contributed by atoms with Crippen molar-refractivity contribution in [3.05, 3.63) is 11.6 Å². The maximum atomic E-state index is 12.8. The highest BCUT2D eigenvalue weighted by Gasteiger charge is 2.74. The molecule has 182 valence electrons. The molecule has 3 fully saturated rings. The molecule has 0 aromatic heterocycles. The lowest BCUT2D eigenvalue weighted by Crippen LogP contribution is -2.72. The van der Waals surface area contributed by atoms with Crippen LogP contribution < -0.4 is 0 Å². The number of aliphatic hydroxyl groups is 4. The number of hydrogen-bond acceptors (Lipinski definition) is 6. The summed E-state index contributed by atoms with van der Waals surface area (Å²) in [6.45, 7) is 9.69. The molecule has 6 nitrogen and oxygen atoms in total. The number of allylic oxidation sites excluding steroid dienone is 1. The molecule has 32 heavy (non-hydrogen) atoms. The SMILES string of the molecule is CC(C)CC(=O)O[C@@H]1[C@@H](O)[C@H]2[C@@H](CC=C3C[C@@H](O)CC[C@@]32C)[C@@]2(O)CC[C@H]([C@H](C)O)[C@@]12C. The zero-order valence-corrected chi connectivity index (χ0v) is 20.3. The van der Waals surface area contributed by atoms with Gasteiger partial charge in [0.15, 0.2) is 0 Å². The molecule has 0 unspecified atom stereocenters. The Morgan fingerprint density at radius 1 is 1.19 bits per heavy atom. The minimum Gasteiger partial charge on any atom is -0.459 e. The number of rotatable bonds is 4. The fourth-order valence-corrected chi connectivity index (χ4v) is 8.19. The van der Waals surface area contributed by atoms with Crippen LogP contribution in [0.1, 0.15) is 79.6 Å². The van der Waals surface area contributed by atoms with Gasteiger partial charge in [-0.1, -0.05) is 39.3 Å². The van der Waals surface area contributed by atoms with Gasteiger partial charge in [0, 0.05) is 17.8 Å². The zero-order valence-electron chi connectivity index (χ0n) is 20.3. The van der Waals surface area contributed by atoms with Gasteiger partial charge in [0.1, 0.15) is 6.10 Å². The number of aliphatic hydroxyl groups excluding tert-OH is 3. The molecule has 0 saturated heterocycles. The van der Waals surface area contributed by atoms with E-state index in [-0.39, 0.29) is 47.6 Å². The van der Waals surface area contributed by atoms with Crippen LogP contribution in [0.5, 0.6) is 0 Å². The van der Waals surface area contributed by atoms with Crippen molar-refractivity contribution < 1.29 is 30.0 Å². The van der Waals surface area contributed by atoms with Crippen molar-refractivity contribution in [2.24, 2.45) is 34.5 Å². The molecule has 0 heterocycles. The summed E-state index contributed by atoms with van der Waals surface area (Å²) in [5.74, 6) is -0.960. The van der Waals surface area contributed by atoms with E-state index in [1.54, 1.807) is 6.92 Å². The molecule has 4 aliphatic rings. The van der Waals surface area contributed by atoms with Crippen LogP contribution in [0.4, 0.5) is 0 Å². The van der Waals surface area contributed by atoms with Gasteiger partial charge in [-0.05, 0) is 68.6 Å². The highest BCUT2D eigenvalue weighted by Crippen LogP contribution is 2.68. The third kappa shape index (κ3) is 3.31. The van der Waals surface area contributed by atoms with Crippen LogP contribution in [0.2, 0.25) is 0 Å². The number of esters is 1. The summed E-state index contributed by atoms with van der Waals surface area (Å²) in [5.41, 5.74) is -1.29.